The summed E-state index contributed by atoms with van der Waals surface area (Å²) in [6, 6.07) is 16.1. The zero-order valence-electron chi connectivity index (χ0n) is 19.2. The van der Waals surface area contributed by atoms with Gasteiger partial charge in [-0.1, -0.05) is 12.1 Å². The Kier molecular flexibility index (Phi) is 7.12. The van der Waals surface area contributed by atoms with Crippen LogP contribution in [0.15, 0.2) is 54.6 Å². The number of amides is 2. The molecule has 9 heteroatoms. The van der Waals surface area contributed by atoms with Crippen molar-refractivity contribution in [3.05, 3.63) is 65.7 Å². The summed E-state index contributed by atoms with van der Waals surface area (Å²) in [4.78, 5) is 12.5. The smallest absolute Gasteiger partial charge is 0.319 e. The molecule has 2 amide bonds. The van der Waals surface area contributed by atoms with Crippen molar-refractivity contribution in [1.29, 1.82) is 0 Å². The lowest BCUT2D eigenvalue weighted by molar-refractivity contribution is 0.173. The van der Waals surface area contributed by atoms with E-state index < -0.39 is 0 Å². The minimum absolute atomic E-state index is 0.216. The fourth-order valence-corrected chi connectivity index (χ4v) is 3.53. The molecular formula is C25H26N2O7. The molecule has 34 heavy (non-hydrogen) atoms. The number of rotatable bonds is 9. The Labute approximate surface area is 197 Å². The normalized spacial score (nSPS) is 11.5. The van der Waals surface area contributed by atoms with Gasteiger partial charge in [-0.2, -0.15) is 0 Å². The predicted octanol–water partition coefficient (Wildman–Crippen LogP) is 4.34. The van der Waals surface area contributed by atoms with Crippen LogP contribution in [0.3, 0.4) is 0 Å². The zero-order chi connectivity index (χ0) is 23.9. The molecular weight excluding hydrogens is 440 g/mol. The van der Waals surface area contributed by atoms with Crippen LogP contribution in [0, 0.1) is 0 Å². The van der Waals surface area contributed by atoms with Crippen LogP contribution in [-0.4, -0.2) is 34.2 Å². The highest BCUT2D eigenvalue weighted by molar-refractivity contribution is 5.89. The van der Waals surface area contributed by atoms with Gasteiger partial charge in [-0.25, -0.2) is 4.79 Å². The number of ether oxygens (including phenoxy) is 6. The van der Waals surface area contributed by atoms with Crippen LogP contribution in [0.5, 0.6) is 34.5 Å². The summed E-state index contributed by atoms with van der Waals surface area (Å²) in [6.45, 7) is 0.787. The Morgan fingerprint density at radius 1 is 0.912 bits per heavy atom. The van der Waals surface area contributed by atoms with E-state index in [2.05, 4.69) is 10.6 Å². The molecule has 0 fully saturated rings. The van der Waals surface area contributed by atoms with Crippen LogP contribution in [0.1, 0.15) is 11.1 Å². The fourth-order valence-electron chi connectivity index (χ4n) is 3.53. The molecule has 1 aliphatic rings. The third-order valence-corrected chi connectivity index (χ3v) is 5.16. The molecule has 3 aromatic rings. The van der Waals surface area contributed by atoms with E-state index in [0.29, 0.717) is 46.8 Å². The first-order valence-electron chi connectivity index (χ1n) is 10.6. The molecule has 4 rings (SSSR count). The molecule has 9 nitrogen and oxygen atoms in total. The molecule has 0 unspecified atom stereocenters. The van der Waals surface area contributed by atoms with E-state index in [4.69, 9.17) is 28.4 Å². The van der Waals surface area contributed by atoms with E-state index in [1.165, 1.54) is 14.2 Å². The van der Waals surface area contributed by atoms with Gasteiger partial charge in [0.25, 0.3) is 0 Å². The summed E-state index contributed by atoms with van der Waals surface area (Å²) in [5.41, 5.74) is 2.29. The van der Waals surface area contributed by atoms with Gasteiger partial charge in [0, 0.05) is 23.9 Å². The molecule has 3 aromatic carbocycles. The highest BCUT2D eigenvalue weighted by atomic mass is 16.7. The molecule has 0 aliphatic carbocycles. The van der Waals surface area contributed by atoms with Crippen LogP contribution < -0.4 is 39.1 Å². The lowest BCUT2D eigenvalue weighted by Gasteiger charge is -2.16. The van der Waals surface area contributed by atoms with Gasteiger partial charge in [0.15, 0.2) is 23.0 Å². The average molecular weight is 466 g/mol. The molecule has 0 spiro atoms. The molecule has 0 saturated heterocycles. The lowest BCUT2D eigenvalue weighted by atomic mass is 10.1. The molecule has 0 bridgehead atoms. The average Bonchev–Trinajstić information content (AvgIpc) is 3.33. The first kappa shape index (κ1) is 22.9. The third-order valence-electron chi connectivity index (χ3n) is 5.16. The van der Waals surface area contributed by atoms with E-state index in [1.807, 2.05) is 36.4 Å². The van der Waals surface area contributed by atoms with Crippen LogP contribution in [0.4, 0.5) is 10.5 Å². The molecule has 1 heterocycles. The number of benzene rings is 3. The second-order valence-electron chi connectivity index (χ2n) is 7.31. The van der Waals surface area contributed by atoms with E-state index in [1.54, 1.807) is 25.3 Å². The van der Waals surface area contributed by atoms with Gasteiger partial charge >= 0.3 is 6.03 Å². The van der Waals surface area contributed by atoms with Crippen molar-refractivity contribution in [1.82, 2.24) is 5.32 Å². The number of carbonyl (C=O) groups excluding carboxylic acids is 1. The van der Waals surface area contributed by atoms with Crippen LogP contribution in [0.2, 0.25) is 0 Å². The molecule has 1 aliphatic heterocycles. The summed E-state index contributed by atoms with van der Waals surface area (Å²) in [6.07, 6.45) is 0. The molecule has 0 saturated carbocycles. The van der Waals surface area contributed by atoms with Crippen molar-refractivity contribution in [2.24, 2.45) is 0 Å². The van der Waals surface area contributed by atoms with Crippen molar-refractivity contribution in [3.63, 3.8) is 0 Å². The Morgan fingerprint density at radius 3 is 2.53 bits per heavy atom. The number of hydrogen-bond donors (Lipinski definition) is 2. The second-order valence-corrected chi connectivity index (χ2v) is 7.31. The van der Waals surface area contributed by atoms with Crippen LogP contribution in [0.25, 0.3) is 0 Å². The number of hydrogen-bond acceptors (Lipinski definition) is 7. The monoisotopic (exact) mass is 466 g/mol. The van der Waals surface area contributed by atoms with Crippen molar-refractivity contribution in [2.45, 2.75) is 13.2 Å². The fraction of sp³-hybridized carbons (Fsp3) is 0.240. The maximum atomic E-state index is 12.5. The van der Waals surface area contributed by atoms with Gasteiger partial charge in [-0.15, -0.1) is 0 Å². The number of carbonyl (C=O) groups is 1. The van der Waals surface area contributed by atoms with Crippen molar-refractivity contribution in [3.8, 4) is 34.5 Å². The first-order valence-corrected chi connectivity index (χ1v) is 10.6. The predicted molar refractivity (Wildman–Crippen MR) is 125 cm³/mol. The van der Waals surface area contributed by atoms with Gasteiger partial charge in [0.2, 0.25) is 12.5 Å². The van der Waals surface area contributed by atoms with Crippen molar-refractivity contribution >= 4 is 11.7 Å². The summed E-state index contributed by atoms with van der Waals surface area (Å²) in [7, 11) is 4.63. The Hall–Kier alpha value is -4.27. The topological polar surface area (TPSA) is 96.5 Å². The second kappa shape index (κ2) is 10.6. The Bertz CT molecular complexity index is 1170. The van der Waals surface area contributed by atoms with E-state index in [-0.39, 0.29) is 19.4 Å². The SMILES string of the molecule is COc1ccc(CNC(=O)Nc2cccc(COc3ccc4c(c3)OCO4)c2)c(OC)c1OC. The largest absolute Gasteiger partial charge is 0.493 e. The molecule has 0 aromatic heterocycles. The quantitative estimate of drug-likeness (QED) is 0.484. The zero-order valence-corrected chi connectivity index (χ0v) is 19.2. The van der Waals surface area contributed by atoms with Gasteiger partial charge in [-0.05, 0) is 42.0 Å². The first-order chi connectivity index (χ1) is 16.6. The number of fused-ring (bicyclic) bond motifs is 1. The van der Waals surface area contributed by atoms with Crippen molar-refractivity contribution < 1.29 is 33.2 Å². The van der Waals surface area contributed by atoms with E-state index in [9.17, 15) is 4.79 Å². The number of nitrogens with one attached hydrogen (secondary N) is 2. The maximum absolute atomic E-state index is 12.5. The van der Waals surface area contributed by atoms with Gasteiger partial charge in [-0.3, -0.25) is 0 Å². The minimum atomic E-state index is -0.356. The maximum Gasteiger partial charge on any atom is 0.319 e. The van der Waals surface area contributed by atoms with Crippen LogP contribution in [-0.2, 0) is 13.2 Å². The summed E-state index contributed by atoms with van der Waals surface area (Å²) in [5, 5.41) is 5.66. The van der Waals surface area contributed by atoms with Crippen molar-refractivity contribution in [2.75, 3.05) is 33.4 Å². The molecule has 0 atom stereocenters. The molecule has 178 valence electrons. The Balaban J connectivity index is 1.34. The van der Waals surface area contributed by atoms with E-state index in [0.717, 1.165) is 11.1 Å². The summed E-state index contributed by atoms with van der Waals surface area (Å²) in [5.74, 6) is 3.56. The number of urea groups is 1. The number of methoxy groups -OCH3 is 3. The third kappa shape index (κ3) is 5.20. The van der Waals surface area contributed by atoms with Crippen LogP contribution >= 0.6 is 0 Å². The Morgan fingerprint density at radius 2 is 1.74 bits per heavy atom. The molecule has 2 N–H and O–H groups in total. The van der Waals surface area contributed by atoms with Gasteiger partial charge < -0.3 is 39.1 Å². The molecule has 0 radical (unpaired) electrons. The number of anilines is 1. The highest BCUT2D eigenvalue weighted by Gasteiger charge is 2.16. The highest BCUT2D eigenvalue weighted by Crippen LogP contribution is 2.39. The standard InChI is InChI=1S/C25H26N2O7/c1-29-21-9-7-17(23(30-2)24(21)31-3)13-26-25(28)27-18-6-4-5-16(11-18)14-32-19-8-10-20-22(12-19)34-15-33-20/h4-12H,13-15H2,1-3H3,(H2,26,27,28). The minimum Gasteiger partial charge on any atom is -0.493 e. The van der Waals surface area contributed by atoms with Gasteiger partial charge in [0.05, 0.1) is 21.3 Å². The summed E-state index contributed by atoms with van der Waals surface area (Å²) >= 11 is 0. The summed E-state index contributed by atoms with van der Waals surface area (Å²) < 4.78 is 32.7. The van der Waals surface area contributed by atoms with Gasteiger partial charge in [0.1, 0.15) is 12.4 Å². The van der Waals surface area contributed by atoms with E-state index >= 15 is 0 Å². The lowest BCUT2D eigenvalue weighted by Crippen LogP contribution is -2.28.